The van der Waals surface area contributed by atoms with Crippen LogP contribution in [0.4, 0.5) is 11.5 Å². The molecule has 100 valence electrons. The number of hydrogen-bond acceptors (Lipinski definition) is 6. The highest BCUT2D eigenvalue weighted by Gasteiger charge is 2.11. The summed E-state index contributed by atoms with van der Waals surface area (Å²) in [5.74, 6) is 0.648. The molecule has 0 aliphatic carbocycles. The molecule has 0 saturated heterocycles. The number of aromatic nitrogens is 2. The number of thiazole rings is 1. The Balaban J connectivity index is 1.93. The maximum atomic E-state index is 10.7. The van der Waals surface area contributed by atoms with Gasteiger partial charge in [0.05, 0.1) is 15.6 Å². The van der Waals surface area contributed by atoms with Crippen LogP contribution < -0.4 is 5.32 Å². The molecule has 2 rings (SSSR count). The lowest BCUT2D eigenvalue weighted by Crippen LogP contribution is -2.07. The Morgan fingerprint density at radius 3 is 2.74 bits per heavy atom. The normalized spacial score (nSPS) is 10.4. The molecular formula is C12H14N4O2S. The lowest BCUT2D eigenvalue weighted by molar-refractivity contribution is -0.385. The molecule has 19 heavy (non-hydrogen) atoms. The Kier molecular flexibility index (Phi) is 4.06. The number of hydrogen-bond donors (Lipinski definition) is 1. The van der Waals surface area contributed by atoms with Crippen LogP contribution in [0.2, 0.25) is 0 Å². The fourth-order valence-electron chi connectivity index (χ4n) is 1.69. The first kappa shape index (κ1) is 13.4. The molecule has 0 aliphatic rings. The second kappa shape index (κ2) is 5.75. The maximum Gasteiger partial charge on any atom is 0.290 e. The highest BCUT2D eigenvalue weighted by atomic mass is 32.1. The fraction of sp³-hybridized carbons (Fsp3) is 0.333. The summed E-state index contributed by atoms with van der Waals surface area (Å²) in [7, 11) is 0. The van der Waals surface area contributed by atoms with E-state index in [9.17, 15) is 10.1 Å². The molecule has 0 aliphatic heterocycles. The first-order valence-electron chi connectivity index (χ1n) is 5.83. The van der Waals surface area contributed by atoms with Gasteiger partial charge in [-0.25, -0.2) is 9.97 Å². The van der Waals surface area contributed by atoms with Crippen LogP contribution in [-0.4, -0.2) is 21.4 Å². The van der Waals surface area contributed by atoms with Gasteiger partial charge in [-0.15, -0.1) is 11.3 Å². The average Bonchev–Trinajstić information content (AvgIpc) is 2.75. The van der Waals surface area contributed by atoms with Gasteiger partial charge in [-0.05, 0) is 19.9 Å². The average molecular weight is 278 g/mol. The summed E-state index contributed by atoms with van der Waals surface area (Å²) in [5.41, 5.74) is 1.51. The molecule has 2 aromatic rings. The largest absolute Gasteiger partial charge is 0.370 e. The summed E-state index contributed by atoms with van der Waals surface area (Å²) >= 11 is 1.63. The van der Waals surface area contributed by atoms with E-state index in [-0.39, 0.29) is 5.69 Å². The third-order valence-corrected chi connectivity index (χ3v) is 3.43. The smallest absolute Gasteiger partial charge is 0.290 e. The monoisotopic (exact) mass is 278 g/mol. The summed E-state index contributed by atoms with van der Waals surface area (Å²) in [6, 6.07) is 3.09. The molecule has 0 aromatic carbocycles. The van der Waals surface area contributed by atoms with E-state index >= 15 is 0 Å². The number of aryl methyl sites for hydroxylation is 2. The van der Waals surface area contributed by atoms with Gasteiger partial charge in [-0.1, -0.05) is 0 Å². The van der Waals surface area contributed by atoms with Crippen LogP contribution in [0.25, 0.3) is 0 Å². The zero-order chi connectivity index (χ0) is 13.8. The number of rotatable bonds is 5. The summed E-state index contributed by atoms with van der Waals surface area (Å²) in [6.45, 7) is 4.31. The van der Waals surface area contributed by atoms with Crippen molar-refractivity contribution < 1.29 is 4.92 Å². The highest BCUT2D eigenvalue weighted by Crippen LogP contribution is 2.17. The van der Waals surface area contributed by atoms with Crippen molar-refractivity contribution in [1.82, 2.24) is 9.97 Å². The number of nitro groups is 1. The standard InChI is InChI=1S/C12H14N4O2S/c1-8-11(16(17)18)3-4-12(14-8)13-6-5-10-7-19-9(2)15-10/h3-4,7H,5-6H2,1-2H3,(H,13,14). The summed E-state index contributed by atoms with van der Waals surface area (Å²) < 4.78 is 0. The van der Waals surface area contributed by atoms with Crippen molar-refractivity contribution in [3.63, 3.8) is 0 Å². The van der Waals surface area contributed by atoms with Crippen molar-refractivity contribution in [2.45, 2.75) is 20.3 Å². The summed E-state index contributed by atoms with van der Waals surface area (Å²) in [5, 5.41) is 16.9. The van der Waals surface area contributed by atoms with Crippen LogP contribution in [0.15, 0.2) is 17.5 Å². The van der Waals surface area contributed by atoms with E-state index in [1.807, 2.05) is 12.3 Å². The van der Waals surface area contributed by atoms with E-state index in [0.29, 0.717) is 18.1 Å². The Hall–Kier alpha value is -2.02. The molecule has 0 saturated carbocycles. The van der Waals surface area contributed by atoms with E-state index < -0.39 is 4.92 Å². The quantitative estimate of drug-likeness (QED) is 0.671. The molecule has 0 fully saturated rings. The molecule has 0 unspecified atom stereocenters. The minimum absolute atomic E-state index is 0.0423. The predicted octanol–water partition coefficient (Wildman–Crippen LogP) is 2.72. The van der Waals surface area contributed by atoms with Crippen molar-refractivity contribution in [2.75, 3.05) is 11.9 Å². The minimum Gasteiger partial charge on any atom is -0.370 e. The molecule has 0 radical (unpaired) electrons. The van der Waals surface area contributed by atoms with Crippen LogP contribution in [0.1, 0.15) is 16.4 Å². The number of anilines is 1. The van der Waals surface area contributed by atoms with Crippen LogP contribution in [0.3, 0.4) is 0 Å². The van der Waals surface area contributed by atoms with Crippen molar-refractivity contribution in [3.8, 4) is 0 Å². The maximum absolute atomic E-state index is 10.7. The van der Waals surface area contributed by atoms with E-state index in [2.05, 4.69) is 15.3 Å². The molecule has 0 bridgehead atoms. The van der Waals surface area contributed by atoms with Gasteiger partial charge >= 0.3 is 0 Å². The Bertz CT molecular complexity index is 597. The van der Waals surface area contributed by atoms with Gasteiger partial charge in [0, 0.05) is 24.4 Å². The molecule has 2 aromatic heterocycles. The van der Waals surface area contributed by atoms with Gasteiger partial charge in [0.15, 0.2) is 0 Å². The third-order valence-electron chi connectivity index (χ3n) is 2.61. The first-order chi connectivity index (χ1) is 9.06. The fourth-order valence-corrected chi connectivity index (χ4v) is 2.33. The van der Waals surface area contributed by atoms with Gasteiger partial charge in [0.25, 0.3) is 5.69 Å². The number of nitrogens with one attached hydrogen (secondary N) is 1. The summed E-state index contributed by atoms with van der Waals surface area (Å²) in [4.78, 5) is 18.8. The highest BCUT2D eigenvalue weighted by molar-refractivity contribution is 7.09. The second-order valence-corrected chi connectivity index (χ2v) is 5.16. The van der Waals surface area contributed by atoms with Crippen LogP contribution >= 0.6 is 11.3 Å². The third kappa shape index (κ3) is 3.47. The predicted molar refractivity (Wildman–Crippen MR) is 74.7 cm³/mol. The van der Waals surface area contributed by atoms with E-state index in [4.69, 9.17) is 0 Å². The van der Waals surface area contributed by atoms with Crippen molar-refractivity contribution in [1.29, 1.82) is 0 Å². The minimum atomic E-state index is -0.426. The van der Waals surface area contributed by atoms with Gasteiger partial charge in [-0.3, -0.25) is 10.1 Å². The zero-order valence-electron chi connectivity index (χ0n) is 10.7. The van der Waals surface area contributed by atoms with Crippen LogP contribution in [-0.2, 0) is 6.42 Å². The lowest BCUT2D eigenvalue weighted by Gasteiger charge is -2.05. The molecule has 1 N–H and O–H groups in total. The molecule has 0 amide bonds. The molecule has 0 spiro atoms. The molecule has 2 heterocycles. The van der Waals surface area contributed by atoms with Crippen molar-refractivity contribution >= 4 is 22.8 Å². The van der Waals surface area contributed by atoms with Gasteiger partial charge in [0.1, 0.15) is 11.5 Å². The van der Waals surface area contributed by atoms with E-state index in [1.165, 1.54) is 6.07 Å². The van der Waals surface area contributed by atoms with E-state index in [1.54, 1.807) is 24.3 Å². The van der Waals surface area contributed by atoms with Crippen molar-refractivity contribution in [2.24, 2.45) is 0 Å². The molecule has 0 atom stereocenters. The second-order valence-electron chi connectivity index (χ2n) is 4.09. The van der Waals surface area contributed by atoms with Gasteiger partial charge in [0.2, 0.25) is 0 Å². The summed E-state index contributed by atoms with van der Waals surface area (Å²) in [6.07, 6.45) is 0.808. The Morgan fingerprint density at radius 2 is 2.16 bits per heavy atom. The van der Waals surface area contributed by atoms with Gasteiger partial charge in [-0.2, -0.15) is 0 Å². The number of nitrogens with zero attached hydrogens (tertiary/aromatic N) is 3. The van der Waals surface area contributed by atoms with Crippen molar-refractivity contribution in [3.05, 3.63) is 44.0 Å². The number of pyridine rings is 1. The molecular weight excluding hydrogens is 264 g/mol. The first-order valence-corrected chi connectivity index (χ1v) is 6.71. The topological polar surface area (TPSA) is 81.0 Å². The Labute approximate surface area is 114 Å². The zero-order valence-corrected chi connectivity index (χ0v) is 11.5. The van der Waals surface area contributed by atoms with Crippen LogP contribution in [0.5, 0.6) is 0 Å². The molecule has 7 heteroatoms. The van der Waals surface area contributed by atoms with Crippen LogP contribution in [0, 0.1) is 24.0 Å². The lowest BCUT2D eigenvalue weighted by atomic mass is 10.3. The van der Waals surface area contributed by atoms with E-state index in [0.717, 1.165) is 17.1 Å². The SMILES string of the molecule is Cc1nc(CCNc2ccc([N+](=O)[O-])c(C)n2)cs1. The van der Waals surface area contributed by atoms with Gasteiger partial charge < -0.3 is 5.32 Å². The molecule has 6 nitrogen and oxygen atoms in total. The Morgan fingerprint density at radius 1 is 1.37 bits per heavy atom.